The van der Waals surface area contributed by atoms with Crippen molar-refractivity contribution in [3.63, 3.8) is 0 Å². The van der Waals surface area contributed by atoms with Crippen molar-refractivity contribution in [1.82, 2.24) is 9.47 Å². The number of piperazine rings is 1. The van der Waals surface area contributed by atoms with Crippen molar-refractivity contribution < 1.29 is 9.59 Å². The lowest BCUT2D eigenvalue weighted by atomic mass is 10.1. The topological polar surface area (TPSA) is 45.6 Å². The fourth-order valence-electron chi connectivity index (χ4n) is 3.76. The van der Waals surface area contributed by atoms with E-state index >= 15 is 0 Å². The monoisotopic (exact) mass is 353 g/mol. The van der Waals surface area contributed by atoms with Crippen LogP contribution in [0.15, 0.2) is 30.3 Å². The Morgan fingerprint density at radius 3 is 2.38 bits per heavy atom. The number of nitrogens with zero attached hydrogens (tertiary/aromatic N) is 3. The number of hydrogen-bond donors (Lipinski definition) is 0. The van der Waals surface area contributed by atoms with Crippen LogP contribution >= 0.6 is 0 Å². The SMILES string of the molecule is CCn1c(C)cc(C(=O)N2CC(=O)N(c3ccc(C)cc3)CC2C)c1C. The van der Waals surface area contributed by atoms with Crippen molar-refractivity contribution >= 4 is 17.5 Å². The maximum atomic E-state index is 13.1. The average molecular weight is 353 g/mol. The summed E-state index contributed by atoms with van der Waals surface area (Å²) in [7, 11) is 0. The second-order valence-corrected chi connectivity index (χ2v) is 7.15. The van der Waals surface area contributed by atoms with Gasteiger partial charge in [0.1, 0.15) is 6.54 Å². The van der Waals surface area contributed by atoms with Gasteiger partial charge in [0, 0.05) is 36.2 Å². The van der Waals surface area contributed by atoms with Gasteiger partial charge < -0.3 is 14.4 Å². The van der Waals surface area contributed by atoms with Gasteiger partial charge in [0.05, 0.1) is 5.56 Å². The number of benzene rings is 1. The molecule has 2 aromatic rings. The van der Waals surface area contributed by atoms with Gasteiger partial charge in [0.2, 0.25) is 5.91 Å². The smallest absolute Gasteiger partial charge is 0.256 e. The largest absolute Gasteiger partial charge is 0.349 e. The van der Waals surface area contributed by atoms with Crippen LogP contribution in [-0.2, 0) is 11.3 Å². The van der Waals surface area contributed by atoms with Crippen LogP contribution in [0.2, 0.25) is 0 Å². The molecule has 0 radical (unpaired) electrons. The molecule has 0 bridgehead atoms. The standard InChI is InChI=1S/C21H27N3O2/c1-6-22-15(3)11-19(17(22)5)21(26)23-13-20(25)24(12-16(23)4)18-9-7-14(2)8-10-18/h7-11,16H,6,12-13H2,1-5H3. The van der Waals surface area contributed by atoms with Gasteiger partial charge >= 0.3 is 0 Å². The summed E-state index contributed by atoms with van der Waals surface area (Å²) in [6.45, 7) is 11.5. The van der Waals surface area contributed by atoms with Crippen LogP contribution in [0.25, 0.3) is 0 Å². The maximum Gasteiger partial charge on any atom is 0.256 e. The number of carbonyl (C=O) groups is 2. The molecule has 0 saturated carbocycles. The van der Waals surface area contributed by atoms with E-state index < -0.39 is 0 Å². The molecular weight excluding hydrogens is 326 g/mol. The van der Waals surface area contributed by atoms with Crippen LogP contribution in [0.3, 0.4) is 0 Å². The minimum Gasteiger partial charge on any atom is -0.349 e. The van der Waals surface area contributed by atoms with Gasteiger partial charge in [-0.05, 0) is 52.8 Å². The summed E-state index contributed by atoms with van der Waals surface area (Å²) in [6, 6.07) is 9.84. The predicted molar refractivity (Wildman–Crippen MR) is 104 cm³/mol. The van der Waals surface area contributed by atoms with Crippen molar-refractivity contribution in [3.05, 3.63) is 52.8 Å². The van der Waals surface area contributed by atoms with Crippen molar-refractivity contribution in [3.8, 4) is 0 Å². The van der Waals surface area contributed by atoms with E-state index in [-0.39, 0.29) is 24.4 Å². The molecule has 0 spiro atoms. The van der Waals surface area contributed by atoms with E-state index in [1.54, 1.807) is 9.80 Å². The van der Waals surface area contributed by atoms with Crippen LogP contribution in [0.5, 0.6) is 0 Å². The van der Waals surface area contributed by atoms with Crippen LogP contribution in [-0.4, -0.2) is 40.4 Å². The second kappa shape index (κ2) is 6.98. The number of rotatable bonds is 3. The molecule has 1 atom stereocenters. The zero-order valence-corrected chi connectivity index (χ0v) is 16.2. The van der Waals surface area contributed by atoms with Crippen LogP contribution in [0.1, 0.15) is 41.2 Å². The molecule has 1 aliphatic heterocycles. The Labute approximate surface area is 155 Å². The zero-order chi connectivity index (χ0) is 19.0. The molecule has 2 heterocycles. The second-order valence-electron chi connectivity index (χ2n) is 7.15. The van der Waals surface area contributed by atoms with Gasteiger partial charge in [0.15, 0.2) is 0 Å². The van der Waals surface area contributed by atoms with Gasteiger partial charge in [-0.1, -0.05) is 17.7 Å². The summed E-state index contributed by atoms with van der Waals surface area (Å²) in [4.78, 5) is 29.3. The third-order valence-corrected chi connectivity index (χ3v) is 5.31. The summed E-state index contributed by atoms with van der Waals surface area (Å²) >= 11 is 0. The first-order chi connectivity index (χ1) is 12.3. The normalized spacial score (nSPS) is 17.7. The molecule has 26 heavy (non-hydrogen) atoms. The minimum absolute atomic E-state index is 0.0359. The molecule has 1 aromatic carbocycles. The molecule has 5 nitrogen and oxygen atoms in total. The van der Waals surface area contributed by atoms with Gasteiger partial charge in [-0.25, -0.2) is 0 Å². The van der Waals surface area contributed by atoms with Gasteiger partial charge in [0.25, 0.3) is 5.91 Å². The maximum absolute atomic E-state index is 13.1. The Balaban J connectivity index is 1.82. The van der Waals surface area contributed by atoms with E-state index in [1.165, 1.54) is 0 Å². The number of amides is 2. The van der Waals surface area contributed by atoms with Crippen molar-refractivity contribution in [1.29, 1.82) is 0 Å². The van der Waals surface area contributed by atoms with Crippen LogP contribution in [0.4, 0.5) is 5.69 Å². The van der Waals surface area contributed by atoms with E-state index in [0.29, 0.717) is 12.1 Å². The molecule has 2 amide bonds. The highest BCUT2D eigenvalue weighted by atomic mass is 16.2. The highest BCUT2D eigenvalue weighted by Gasteiger charge is 2.34. The van der Waals surface area contributed by atoms with Crippen molar-refractivity contribution in [2.24, 2.45) is 0 Å². The molecule has 0 aliphatic carbocycles. The lowest BCUT2D eigenvalue weighted by Gasteiger charge is -2.39. The number of anilines is 1. The molecule has 1 saturated heterocycles. The Kier molecular flexibility index (Phi) is 4.90. The summed E-state index contributed by atoms with van der Waals surface area (Å²) in [6.07, 6.45) is 0. The Hall–Kier alpha value is -2.56. The first kappa shape index (κ1) is 18.2. The molecule has 0 N–H and O–H groups in total. The van der Waals surface area contributed by atoms with Gasteiger partial charge in [-0.15, -0.1) is 0 Å². The minimum atomic E-state index is -0.0535. The Morgan fingerprint density at radius 1 is 1.15 bits per heavy atom. The predicted octanol–water partition coefficient (Wildman–Crippen LogP) is 3.31. The summed E-state index contributed by atoms with van der Waals surface area (Å²) in [5.41, 5.74) is 4.80. The molecule has 1 aliphatic rings. The van der Waals surface area contributed by atoms with E-state index in [1.807, 2.05) is 58.0 Å². The van der Waals surface area contributed by atoms with Gasteiger partial charge in [-0.2, -0.15) is 0 Å². The molecule has 1 fully saturated rings. The van der Waals surface area contributed by atoms with Gasteiger partial charge in [-0.3, -0.25) is 9.59 Å². The number of carbonyl (C=O) groups excluding carboxylic acids is 2. The molecule has 1 aromatic heterocycles. The van der Waals surface area contributed by atoms with E-state index in [0.717, 1.165) is 29.2 Å². The van der Waals surface area contributed by atoms with Crippen molar-refractivity contribution in [2.75, 3.05) is 18.0 Å². The Morgan fingerprint density at radius 2 is 1.81 bits per heavy atom. The fourth-order valence-corrected chi connectivity index (χ4v) is 3.76. The zero-order valence-electron chi connectivity index (χ0n) is 16.2. The highest BCUT2D eigenvalue weighted by molar-refractivity contribution is 6.02. The quantitative estimate of drug-likeness (QED) is 0.850. The molecular formula is C21H27N3O2. The summed E-state index contributed by atoms with van der Waals surface area (Å²) < 4.78 is 2.13. The summed E-state index contributed by atoms with van der Waals surface area (Å²) in [5, 5.41) is 0. The first-order valence-electron chi connectivity index (χ1n) is 9.18. The van der Waals surface area contributed by atoms with Crippen LogP contribution < -0.4 is 4.90 Å². The lowest BCUT2D eigenvalue weighted by Crippen LogP contribution is -2.57. The third kappa shape index (κ3) is 3.14. The van der Waals surface area contributed by atoms with Crippen LogP contribution in [0, 0.1) is 20.8 Å². The Bertz CT molecular complexity index is 836. The van der Waals surface area contributed by atoms with E-state index in [9.17, 15) is 9.59 Å². The average Bonchev–Trinajstić information content (AvgIpc) is 2.90. The van der Waals surface area contributed by atoms with E-state index in [2.05, 4.69) is 11.5 Å². The van der Waals surface area contributed by atoms with Crippen molar-refractivity contribution in [2.45, 2.75) is 47.2 Å². The lowest BCUT2D eigenvalue weighted by molar-refractivity contribution is -0.121. The molecule has 5 heteroatoms. The highest BCUT2D eigenvalue weighted by Crippen LogP contribution is 2.24. The molecule has 1 unspecified atom stereocenters. The number of aryl methyl sites for hydroxylation is 2. The van der Waals surface area contributed by atoms with E-state index in [4.69, 9.17) is 0 Å². The first-order valence-corrected chi connectivity index (χ1v) is 9.18. The number of hydrogen-bond acceptors (Lipinski definition) is 2. The third-order valence-electron chi connectivity index (χ3n) is 5.31. The summed E-state index contributed by atoms with van der Waals surface area (Å²) in [5.74, 6) is -0.0909. The molecule has 3 rings (SSSR count). The number of aromatic nitrogens is 1. The fraction of sp³-hybridized carbons (Fsp3) is 0.429. The molecule has 138 valence electrons.